The van der Waals surface area contributed by atoms with Crippen molar-refractivity contribution in [2.45, 2.75) is 0 Å². The lowest BCUT2D eigenvalue weighted by Gasteiger charge is -2.19. The lowest BCUT2D eigenvalue weighted by molar-refractivity contribution is 1.58. The molecule has 0 saturated carbocycles. The fraction of sp³-hybridized carbons (Fsp3) is 0. The van der Waals surface area contributed by atoms with Crippen LogP contribution < -0.4 is 0 Å². The first-order valence-electron chi connectivity index (χ1n) is 14.5. The largest absolute Gasteiger partial charge is 0.0622 e. The summed E-state index contributed by atoms with van der Waals surface area (Å²) >= 11 is 0. The van der Waals surface area contributed by atoms with Crippen LogP contribution in [0.5, 0.6) is 0 Å². The Morgan fingerprint density at radius 2 is 0.619 bits per heavy atom. The second-order valence-corrected chi connectivity index (χ2v) is 10.9. The molecule has 0 aliphatic heterocycles. The standard InChI is InChI=1S/C42H28/c1-2-13-29(14-3-1)33-17-6-7-18-34(33)31-25-27-32(28-26-31)41-37-20-8-10-22-39(37)42(40-23-11-9-21-38(40)41)36-24-12-16-30-15-4-5-19-35(30)36/h1-28H. The number of hydrogen-bond donors (Lipinski definition) is 0. The van der Waals surface area contributed by atoms with Crippen molar-refractivity contribution < 1.29 is 0 Å². The molecule has 0 bridgehead atoms. The lowest BCUT2D eigenvalue weighted by atomic mass is 9.84. The van der Waals surface area contributed by atoms with E-state index in [0.29, 0.717) is 0 Å². The lowest BCUT2D eigenvalue weighted by Crippen LogP contribution is -1.92. The van der Waals surface area contributed by atoms with E-state index in [-0.39, 0.29) is 0 Å². The molecule has 0 aromatic heterocycles. The minimum atomic E-state index is 1.22. The van der Waals surface area contributed by atoms with E-state index in [1.807, 2.05) is 0 Å². The molecule has 196 valence electrons. The molecular weight excluding hydrogens is 504 g/mol. The smallest absolute Gasteiger partial charge is 0.00201 e. The zero-order valence-corrected chi connectivity index (χ0v) is 23.2. The first-order chi connectivity index (χ1) is 20.9. The highest BCUT2D eigenvalue weighted by Gasteiger charge is 2.18. The van der Waals surface area contributed by atoms with Crippen LogP contribution in [0.4, 0.5) is 0 Å². The highest BCUT2D eigenvalue weighted by molar-refractivity contribution is 6.23. The van der Waals surface area contributed by atoms with E-state index in [0.717, 1.165) is 0 Å². The van der Waals surface area contributed by atoms with Crippen molar-refractivity contribution in [1.29, 1.82) is 0 Å². The van der Waals surface area contributed by atoms with Gasteiger partial charge in [-0.1, -0.05) is 170 Å². The highest BCUT2D eigenvalue weighted by Crippen LogP contribution is 2.45. The van der Waals surface area contributed by atoms with E-state index < -0.39 is 0 Å². The van der Waals surface area contributed by atoms with Crippen molar-refractivity contribution in [3.8, 4) is 44.5 Å². The summed E-state index contributed by atoms with van der Waals surface area (Å²) in [4.78, 5) is 0. The van der Waals surface area contributed by atoms with Crippen LogP contribution in [0.1, 0.15) is 0 Å². The fourth-order valence-electron chi connectivity index (χ4n) is 6.59. The molecule has 0 amide bonds. The molecule has 0 heterocycles. The highest BCUT2D eigenvalue weighted by atomic mass is 14.2. The predicted octanol–water partition coefficient (Wildman–Crippen LogP) is 11.8. The Hall–Kier alpha value is -5.46. The molecule has 0 radical (unpaired) electrons. The van der Waals surface area contributed by atoms with Gasteiger partial charge in [0.2, 0.25) is 0 Å². The topological polar surface area (TPSA) is 0 Å². The molecule has 0 aliphatic carbocycles. The van der Waals surface area contributed by atoms with E-state index in [4.69, 9.17) is 0 Å². The first-order valence-corrected chi connectivity index (χ1v) is 14.5. The van der Waals surface area contributed by atoms with Crippen LogP contribution in [0.2, 0.25) is 0 Å². The van der Waals surface area contributed by atoms with Crippen LogP contribution in [-0.2, 0) is 0 Å². The maximum atomic E-state index is 2.29. The molecular formula is C42H28. The van der Waals surface area contributed by atoms with Gasteiger partial charge in [0.1, 0.15) is 0 Å². The van der Waals surface area contributed by atoms with Gasteiger partial charge in [-0.2, -0.15) is 0 Å². The molecule has 8 rings (SSSR count). The summed E-state index contributed by atoms with van der Waals surface area (Å²) in [6.45, 7) is 0. The third-order valence-corrected chi connectivity index (χ3v) is 8.49. The summed E-state index contributed by atoms with van der Waals surface area (Å²) in [5, 5.41) is 7.65. The molecule has 0 unspecified atom stereocenters. The van der Waals surface area contributed by atoms with Crippen LogP contribution >= 0.6 is 0 Å². The van der Waals surface area contributed by atoms with Gasteiger partial charge in [-0.05, 0) is 76.8 Å². The van der Waals surface area contributed by atoms with Crippen molar-refractivity contribution in [3.05, 3.63) is 170 Å². The maximum absolute atomic E-state index is 2.29. The molecule has 0 nitrogen and oxygen atoms in total. The van der Waals surface area contributed by atoms with Crippen LogP contribution in [0.3, 0.4) is 0 Å². The second kappa shape index (κ2) is 10.2. The summed E-state index contributed by atoms with van der Waals surface area (Å²) in [7, 11) is 0. The van der Waals surface area contributed by atoms with Crippen molar-refractivity contribution in [1.82, 2.24) is 0 Å². The monoisotopic (exact) mass is 532 g/mol. The third kappa shape index (κ3) is 4.00. The van der Waals surface area contributed by atoms with Gasteiger partial charge in [-0.3, -0.25) is 0 Å². The predicted molar refractivity (Wildman–Crippen MR) is 181 cm³/mol. The fourth-order valence-corrected chi connectivity index (χ4v) is 6.59. The van der Waals surface area contributed by atoms with E-state index in [1.165, 1.54) is 76.8 Å². The van der Waals surface area contributed by atoms with Gasteiger partial charge in [0.15, 0.2) is 0 Å². The molecule has 8 aromatic carbocycles. The molecule has 0 aliphatic rings. The Morgan fingerprint density at radius 3 is 1.24 bits per heavy atom. The molecule has 0 fully saturated rings. The Bertz CT molecular complexity index is 2160. The average molecular weight is 533 g/mol. The molecule has 0 spiro atoms. The number of rotatable bonds is 4. The van der Waals surface area contributed by atoms with Gasteiger partial charge in [0.05, 0.1) is 0 Å². The molecule has 42 heavy (non-hydrogen) atoms. The van der Waals surface area contributed by atoms with Gasteiger partial charge < -0.3 is 0 Å². The summed E-state index contributed by atoms with van der Waals surface area (Å²) < 4.78 is 0. The molecule has 0 heteroatoms. The Balaban J connectivity index is 1.35. The molecule has 0 N–H and O–H groups in total. The van der Waals surface area contributed by atoms with Gasteiger partial charge in [0.25, 0.3) is 0 Å². The van der Waals surface area contributed by atoms with E-state index in [1.54, 1.807) is 0 Å². The Labute approximate surface area is 246 Å². The molecule has 0 saturated heterocycles. The van der Waals surface area contributed by atoms with Crippen molar-refractivity contribution in [3.63, 3.8) is 0 Å². The minimum Gasteiger partial charge on any atom is -0.0622 e. The van der Waals surface area contributed by atoms with Gasteiger partial charge in [-0.15, -0.1) is 0 Å². The first kappa shape index (κ1) is 24.3. The quantitative estimate of drug-likeness (QED) is 0.198. The zero-order chi connectivity index (χ0) is 27.9. The summed E-state index contributed by atoms with van der Waals surface area (Å²) in [5.74, 6) is 0. The number of hydrogen-bond acceptors (Lipinski definition) is 0. The van der Waals surface area contributed by atoms with Crippen molar-refractivity contribution in [2.24, 2.45) is 0 Å². The minimum absolute atomic E-state index is 1.22. The Morgan fingerprint density at radius 1 is 0.214 bits per heavy atom. The van der Waals surface area contributed by atoms with Crippen molar-refractivity contribution >= 4 is 32.3 Å². The normalized spacial score (nSPS) is 11.3. The van der Waals surface area contributed by atoms with Gasteiger partial charge >= 0.3 is 0 Å². The number of benzene rings is 8. The van der Waals surface area contributed by atoms with Crippen LogP contribution in [0.15, 0.2) is 170 Å². The molecule has 0 atom stereocenters. The van der Waals surface area contributed by atoms with E-state index in [2.05, 4.69) is 170 Å². The van der Waals surface area contributed by atoms with Crippen LogP contribution in [-0.4, -0.2) is 0 Å². The third-order valence-electron chi connectivity index (χ3n) is 8.49. The number of fused-ring (bicyclic) bond motifs is 3. The SMILES string of the molecule is c1ccc(-c2ccccc2-c2ccc(-c3c4ccccc4c(-c4cccc5ccccc45)c4ccccc34)cc2)cc1. The van der Waals surface area contributed by atoms with E-state index in [9.17, 15) is 0 Å². The summed E-state index contributed by atoms with van der Waals surface area (Å²) in [5.41, 5.74) is 10.0. The van der Waals surface area contributed by atoms with Crippen molar-refractivity contribution in [2.75, 3.05) is 0 Å². The zero-order valence-electron chi connectivity index (χ0n) is 23.2. The molecule has 8 aromatic rings. The average Bonchev–Trinajstić information content (AvgIpc) is 3.07. The van der Waals surface area contributed by atoms with Crippen LogP contribution in [0.25, 0.3) is 76.8 Å². The van der Waals surface area contributed by atoms with Gasteiger partial charge in [0, 0.05) is 0 Å². The maximum Gasteiger partial charge on any atom is -0.00201 e. The van der Waals surface area contributed by atoms with E-state index >= 15 is 0 Å². The summed E-state index contributed by atoms with van der Waals surface area (Å²) in [6, 6.07) is 61.6. The van der Waals surface area contributed by atoms with Gasteiger partial charge in [-0.25, -0.2) is 0 Å². The summed E-state index contributed by atoms with van der Waals surface area (Å²) in [6.07, 6.45) is 0. The van der Waals surface area contributed by atoms with Crippen LogP contribution in [0, 0.1) is 0 Å². The Kier molecular flexibility index (Phi) is 5.90. The second-order valence-electron chi connectivity index (χ2n) is 10.9.